The van der Waals surface area contributed by atoms with Crippen LogP contribution in [0.3, 0.4) is 0 Å². The first-order valence-corrected chi connectivity index (χ1v) is 11.9. The fraction of sp³-hybridized carbons (Fsp3) is 0.200. The summed E-state index contributed by atoms with van der Waals surface area (Å²) in [5.74, 6) is -2.66. The fourth-order valence-corrected chi connectivity index (χ4v) is 4.81. The van der Waals surface area contributed by atoms with Gasteiger partial charge in [0.15, 0.2) is 34.5 Å². The number of hydrogen-bond donors (Lipinski definition) is 6. The summed E-state index contributed by atoms with van der Waals surface area (Å²) in [4.78, 5) is 0. The highest BCUT2D eigenvalue weighted by molar-refractivity contribution is 5.52. The molecule has 0 aliphatic heterocycles. The Morgan fingerprint density at radius 2 is 0.944 bits per heavy atom. The molecule has 6 N–H and O–H groups in total. The van der Waals surface area contributed by atoms with Crippen molar-refractivity contribution in [2.75, 3.05) is 0 Å². The van der Waals surface area contributed by atoms with E-state index in [0.717, 1.165) is 18.4 Å². The molecule has 0 unspecified atom stereocenters. The van der Waals surface area contributed by atoms with E-state index in [2.05, 4.69) is 12.1 Å². The molecule has 0 saturated carbocycles. The quantitative estimate of drug-likeness (QED) is 0.168. The van der Waals surface area contributed by atoms with Crippen LogP contribution in [-0.4, -0.2) is 30.6 Å². The molecule has 4 aromatic rings. The maximum Gasteiger partial charge on any atom is 0.200 e. The number of aryl methyl sites for hydroxylation is 1. The maximum absolute atomic E-state index is 10.1. The van der Waals surface area contributed by atoms with Crippen molar-refractivity contribution in [2.45, 2.75) is 31.6 Å². The molecule has 0 fully saturated rings. The zero-order chi connectivity index (χ0) is 25.7. The van der Waals surface area contributed by atoms with Gasteiger partial charge >= 0.3 is 0 Å². The molecule has 0 spiro atoms. The lowest BCUT2D eigenvalue weighted by molar-refractivity contribution is 0.359. The molecular weight excluding hydrogens is 456 g/mol. The predicted molar refractivity (Wildman–Crippen MR) is 138 cm³/mol. The maximum atomic E-state index is 10.1. The van der Waals surface area contributed by atoms with Gasteiger partial charge in [-0.05, 0) is 84.0 Å². The van der Waals surface area contributed by atoms with Crippen molar-refractivity contribution in [1.82, 2.24) is 0 Å². The van der Waals surface area contributed by atoms with E-state index in [-0.39, 0.29) is 34.8 Å². The number of benzene rings is 4. The first-order valence-electron chi connectivity index (χ1n) is 11.9. The summed E-state index contributed by atoms with van der Waals surface area (Å²) in [6.45, 7) is 0. The van der Waals surface area contributed by atoms with Crippen molar-refractivity contribution in [3.63, 3.8) is 0 Å². The first kappa shape index (κ1) is 24.8. The Morgan fingerprint density at radius 1 is 0.500 bits per heavy atom. The molecule has 0 aromatic heterocycles. The molecule has 0 radical (unpaired) electrons. The standard InChI is InChI=1S/C30H30O6/c31-25-15-20(16-26(32)29(25)35)13-23(12-11-19-7-3-1-4-8-19)24(22-9-5-2-6-10-22)14-21-17-27(33)30(36)28(34)18-21/h1-10,15-18,23-24,31-36H,11-14H2/t23-,24+/m0/s1. The summed E-state index contributed by atoms with van der Waals surface area (Å²) in [7, 11) is 0. The molecule has 0 bridgehead atoms. The SMILES string of the molecule is Oc1cc(C[C@H](CCc2ccccc2)[C@H](Cc2cc(O)c(O)c(O)c2)c2ccccc2)cc(O)c1O. The van der Waals surface area contributed by atoms with Crippen molar-refractivity contribution in [3.8, 4) is 34.5 Å². The molecule has 0 aliphatic rings. The van der Waals surface area contributed by atoms with Crippen molar-refractivity contribution >= 4 is 0 Å². The summed E-state index contributed by atoms with van der Waals surface area (Å²) in [5.41, 5.74) is 3.59. The average Bonchev–Trinajstić information content (AvgIpc) is 2.88. The van der Waals surface area contributed by atoms with Crippen LogP contribution in [0.15, 0.2) is 84.9 Å². The Bertz CT molecular complexity index is 1260. The van der Waals surface area contributed by atoms with Crippen LogP contribution in [0.1, 0.15) is 34.6 Å². The minimum atomic E-state index is -0.550. The third-order valence-corrected chi connectivity index (χ3v) is 6.66. The lowest BCUT2D eigenvalue weighted by atomic mass is 9.76. The van der Waals surface area contributed by atoms with E-state index in [1.54, 1.807) is 0 Å². The summed E-state index contributed by atoms with van der Waals surface area (Å²) < 4.78 is 0. The largest absolute Gasteiger partial charge is 0.504 e. The molecule has 0 saturated heterocycles. The number of aromatic hydroxyl groups is 6. The van der Waals surface area contributed by atoms with E-state index >= 15 is 0 Å². The van der Waals surface area contributed by atoms with Gasteiger partial charge in [-0.1, -0.05) is 60.7 Å². The smallest absolute Gasteiger partial charge is 0.200 e. The number of phenolic OH excluding ortho intramolecular Hbond substituents is 6. The van der Waals surface area contributed by atoms with Crippen LogP contribution >= 0.6 is 0 Å². The number of hydrogen-bond acceptors (Lipinski definition) is 6. The second kappa shape index (κ2) is 11.0. The van der Waals surface area contributed by atoms with Crippen LogP contribution in [0, 0.1) is 5.92 Å². The molecular formula is C30H30O6. The van der Waals surface area contributed by atoms with Crippen LogP contribution in [0.25, 0.3) is 0 Å². The Hall–Kier alpha value is -4.32. The Morgan fingerprint density at radius 3 is 1.44 bits per heavy atom. The fourth-order valence-electron chi connectivity index (χ4n) is 4.81. The minimum absolute atomic E-state index is 0.0223. The molecule has 4 rings (SSSR count). The topological polar surface area (TPSA) is 121 Å². The molecule has 6 nitrogen and oxygen atoms in total. The van der Waals surface area contributed by atoms with Gasteiger partial charge in [-0.3, -0.25) is 0 Å². The van der Waals surface area contributed by atoms with E-state index in [0.29, 0.717) is 24.0 Å². The van der Waals surface area contributed by atoms with Gasteiger partial charge in [-0.2, -0.15) is 0 Å². The van der Waals surface area contributed by atoms with Gasteiger partial charge in [0.1, 0.15) is 0 Å². The summed E-state index contributed by atoms with van der Waals surface area (Å²) in [6.07, 6.45) is 2.56. The van der Waals surface area contributed by atoms with Crippen LogP contribution < -0.4 is 0 Å². The molecule has 0 heterocycles. The third-order valence-electron chi connectivity index (χ3n) is 6.66. The lowest BCUT2D eigenvalue weighted by Crippen LogP contribution is -2.19. The molecule has 0 aliphatic carbocycles. The van der Waals surface area contributed by atoms with Gasteiger partial charge in [-0.15, -0.1) is 0 Å². The van der Waals surface area contributed by atoms with Gasteiger partial charge in [0.25, 0.3) is 0 Å². The van der Waals surface area contributed by atoms with Gasteiger partial charge in [0, 0.05) is 0 Å². The van der Waals surface area contributed by atoms with Gasteiger partial charge in [0.05, 0.1) is 0 Å². The Labute approximate surface area is 210 Å². The van der Waals surface area contributed by atoms with Crippen molar-refractivity contribution < 1.29 is 30.6 Å². The van der Waals surface area contributed by atoms with Crippen molar-refractivity contribution in [3.05, 3.63) is 107 Å². The minimum Gasteiger partial charge on any atom is -0.504 e. The second-order valence-corrected chi connectivity index (χ2v) is 9.18. The monoisotopic (exact) mass is 486 g/mol. The molecule has 186 valence electrons. The predicted octanol–water partition coefficient (Wildman–Crippen LogP) is 5.74. The normalized spacial score (nSPS) is 12.8. The van der Waals surface area contributed by atoms with Crippen LogP contribution in [0.5, 0.6) is 34.5 Å². The molecule has 2 atom stereocenters. The Balaban J connectivity index is 1.73. The zero-order valence-electron chi connectivity index (χ0n) is 19.7. The number of rotatable bonds is 9. The van der Waals surface area contributed by atoms with Crippen LogP contribution in [-0.2, 0) is 19.3 Å². The Kier molecular flexibility index (Phi) is 7.54. The van der Waals surface area contributed by atoms with Crippen LogP contribution in [0.2, 0.25) is 0 Å². The third kappa shape index (κ3) is 5.84. The molecule has 36 heavy (non-hydrogen) atoms. The highest BCUT2D eigenvalue weighted by Crippen LogP contribution is 2.41. The highest BCUT2D eigenvalue weighted by Gasteiger charge is 2.26. The number of phenols is 6. The highest BCUT2D eigenvalue weighted by atomic mass is 16.3. The van der Waals surface area contributed by atoms with Gasteiger partial charge in [0.2, 0.25) is 0 Å². The molecule has 6 heteroatoms. The van der Waals surface area contributed by atoms with E-state index < -0.39 is 11.5 Å². The van der Waals surface area contributed by atoms with E-state index in [1.807, 2.05) is 48.5 Å². The summed E-state index contributed by atoms with van der Waals surface area (Å²) >= 11 is 0. The van der Waals surface area contributed by atoms with Gasteiger partial charge in [-0.25, -0.2) is 0 Å². The second-order valence-electron chi connectivity index (χ2n) is 9.18. The molecule has 0 amide bonds. The van der Waals surface area contributed by atoms with E-state index in [9.17, 15) is 30.6 Å². The summed E-state index contributed by atoms with van der Waals surface area (Å²) in [5, 5.41) is 60.0. The van der Waals surface area contributed by atoms with Gasteiger partial charge < -0.3 is 30.6 Å². The summed E-state index contributed by atoms with van der Waals surface area (Å²) in [6, 6.07) is 25.9. The van der Waals surface area contributed by atoms with Crippen molar-refractivity contribution in [2.24, 2.45) is 5.92 Å². The van der Waals surface area contributed by atoms with E-state index in [4.69, 9.17) is 0 Å². The van der Waals surface area contributed by atoms with Crippen molar-refractivity contribution in [1.29, 1.82) is 0 Å². The zero-order valence-corrected chi connectivity index (χ0v) is 19.7. The first-order chi connectivity index (χ1) is 17.3. The van der Waals surface area contributed by atoms with E-state index in [1.165, 1.54) is 29.8 Å². The average molecular weight is 487 g/mol. The lowest BCUT2D eigenvalue weighted by Gasteiger charge is -2.29. The molecule has 4 aromatic carbocycles. The van der Waals surface area contributed by atoms with Crippen LogP contribution in [0.4, 0.5) is 0 Å².